The van der Waals surface area contributed by atoms with Crippen molar-refractivity contribution in [3.63, 3.8) is 0 Å². The first kappa shape index (κ1) is 12.2. The van der Waals surface area contributed by atoms with E-state index in [1.54, 1.807) is 13.8 Å². The average Bonchev–Trinajstić information content (AvgIpc) is 2.37. The fraction of sp³-hybridized carbons (Fsp3) is 0.429. The lowest BCUT2D eigenvalue weighted by Crippen LogP contribution is -2.22. The second kappa shape index (κ2) is 4.54. The lowest BCUT2D eigenvalue weighted by atomic mass is 9.85. The van der Waals surface area contributed by atoms with Crippen LogP contribution in [0, 0.1) is 16.7 Å². The van der Waals surface area contributed by atoms with Crippen molar-refractivity contribution in [3.05, 3.63) is 29.3 Å². The minimum Gasteiger partial charge on any atom is -0.292 e. The molecule has 0 unspecified atom stereocenters. The van der Waals surface area contributed by atoms with E-state index in [2.05, 4.69) is 6.07 Å². The van der Waals surface area contributed by atoms with Gasteiger partial charge in [-0.15, -0.1) is 11.8 Å². The van der Waals surface area contributed by atoms with Crippen LogP contribution in [0.1, 0.15) is 36.2 Å². The maximum atomic E-state index is 12.2. The molecule has 0 N–H and O–H groups in total. The Balaban J connectivity index is 2.35. The highest BCUT2D eigenvalue weighted by Crippen LogP contribution is 2.32. The molecule has 1 aromatic carbocycles. The molecular formula is C14H15NOS. The highest BCUT2D eigenvalue weighted by molar-refractivity contribution is 7.99. The fourth-order valence-corrected chi connectivity index (χ4v) is 2.93. The third-order valence-corrected chi connectivity index (χ3v) is 4.22. The van der Waals surface area contributed by atoms with Gasteiger partial charge in [0.25, 0.3) is 0 Å². The number of aryl methyl sites for hydroxylation is 1. The predicted octanol–water partition coefficient (Wildman–Crippen LogP) is 3.46. The van der Waals surface area contributed by atoms with Crippen LogP contribution in [0.4, 0.5) is 0 Å². The summed E-state index contributed by atoms with van der Waals surface area (Å²) in [6, 6.07) is 7.89. The molecule has 1 aliphatic heterocycles. The molecule has 0 amide bonds. The van der Waals surface area contributed by atoms with Gasteiger partial charge in [0.05, 0.1) is 6.07 Å². The molecule has 1 heterocycles. The smallest absolute Gasteiger partial charge is 0.182 e. The summed E-state index contributed by atoms with van der Waals surface area (Å²) in [7, 11) is 0. The van der Waals surface area contributed by atoms with Crippen LogP contribution in [-0.2, 0) is 6.42 Å². The molecule has 17 heavy (non-hydrogen) atoms. The maximum Gasteiger partial charge on any atom is 0.182 e. The minimum absolute atomic E-state index is 0.0848. The Morgan fingerprint density at radius 2 is 2.24 bits per heavy atom. The first-order valence-electron chi connectivity index (χ1n) is 5.76. The second-order valence-electron chi connectivity index (χ2n) is 4.84. The number of fused-ring (bicyclic) bond motifs is 1. The van der Waals surface area contributed by atoms with Gasteiger partial charge in [-0.1, -0.05) is 6.07 Å². The van der Waals surface area contributed by atoms with Gasteiger partial charge in [0.2, 0.25) is 0 Å². The number of thioether (sulfide) groups is 1. The highest BCUT2D eigenvalue weighted by Gasteiger charge is 2.28. The van der Waals surface area contributed by atoms with Crippen molar-refractivity contribution >= 4 is 17.5 Å². The molecule has 0 atom stereocenters. The molecule has 0 spiro atoms. The SMILES string of the molecule is CC(C)(C#N)C(=O)c1ccc2c(c1)CCCS2. The van der Waals surface area contributed by atoms with E-state index >= 15 is 0 Å². The quantitative estimate of drug-likeness (QED) is 0.749. The van der Waals surface area contributed by atoms with Crippen molar-refractivity contribution in [1.29, 1.82) is 5.26 Å². The Kier molecular flexibility index (Phi) is 3.26. The van der Waals surface area contributed by atoms with Crippen molar-refractivity contribution in [1.82, 2.24) is 0 Å². The number of carbonyl (C=O) groups is 1. The lowest BCUT2D eigenvalue weighted by Gasteiger charge is -2.18. The van der Waals surface area contributed by atoms with Gasteiger partial charge in [-0.2, -0.15) is 5.26 Å². The van der Waals surface area contributed by atoms with Crippen LogP contribution in [0.2, 0.25) is 0 Å². The van der Waals surface area contributed by atoms with Gasteiger partial charge in [-0.05, 0) is 50.1 Å². The molecule has 88 valence electrons. The number of hydrogen-bond donors (Lipinski definition) is 0. The first-order chi connectivity index (χ1) is 8.04. The van der Waals surface area contributed by atoms with E-state index in [1.165, 1.54) is 10.5 Å². The van der Waals surface area contributed by atoms with Crippen molar-refractivity contribution < 1.29 is 4.79 Å². The Morgan fingerprint density at radius 1 is 1.47 bits per heavy atom. The number of rotatable bonds is 2. The molecule has 0 saturated carbocycles. The van der Waals surface area contributed by atoms with E-state index < -0.39 is 5.41 Å². The first-order valence-corrected chi connectivity index (χ1v) is 6.75. The number of ketones is 1. The lowest BCUT2D eigenvalue weighted by molar-refractivity contribution is 0.0891. The van der Waals surface area contributed by atoms with Crippen molar-refractivity contribution in [3.8, 4) is 6.07 Å². The molecule has 0 aromatic heterocycles. The third-order valence-electron chi connectivity index (χ3n) is 3.02. The summed E-state index contributed by atoms with van der Waals surface area (Å²) >= 11 is 1.85. The summed E-state index contributed by atoms with van der Waals surface area (Å²) in [6.07, 6.45) is 2.20. The van der Waals surface area contributed by atoms with E-state index in [-0.39, 0.29) is 5.78 Å². The molecule has 2 rings (SSSR count). The highest BCUT2D eigenvalue weighted by atomic mass is 32.2. The van der Waals surface area contributed by atoms with Crippen LogP contribution in [0.3, 0.4) is 0 Å². The summed E-state index contributed by atoms with van der Waals surface area (Å²) in [5.41, 5.74) is 0.981. The van der Waals surface area contributed by atoms with Crippen LogP contribution in [0.15, 0.2) is 23.1 Å². The normalized spacial score (nSPS) is 14.9. The zero-order chi connectivity index (χ0) is 12.5. The van der Waals surface area contributed by atoms with Gasteiger partial charge in [0.15, 0.2) is 5.78 Å². The summed E-state index contributed by atoms with van der Waals surface area (Å²) in [5, 5.41) is 8.99. The van der Waals surface area contributed by atoms with Crippen molar-refractivity contribution in [2.75, 3.05) is 5.75 Å². The van der Waals surface area contributed by atoms with E-state index in [9.17, 15) is 4.79 Å². The molecular weight excluding hydrogens is 230 g/mol. The topological polar surface area (TPSA) is 40.9 Å². The zero-order valence-corrected chi connectivity index (χ0v) is 10.9. The molecule has 0 fully saturated rings. The fourth-order valence-electron chi connectivity index (χ4n) is 1.91. The molecule has 0 bridgehead atoms. The Labute approximate surface area is 106 Å². The monoisotopic (exact) mass is 245 g/mol. The summed E-state index contributed by atoms with van der Waals surface area (Å²) in [5.74, 6) is 1.07. The van der Waals surface area contributed by atoms with Crippen LogP contribution in [0.5, 0.6) is 0 Å². The molecule has 1 aliphatic rings. The van der Waals surface area contributed by atoms with Crippen molar-refractivity contribution in [2.45, 2.75) is 31.6 Å². The van der Waals surface area contributed by atoms with Crippen LogP contribution < -0.4 is 0 Å². The van der Waals surface area contributed by atoms with Gasteiger partial charge in [-0.25, -0.2) is 0 Å². The summed E-state index contributed by atoms with van der Waals surface area (Å²) in [6.45, 7) is 3.34. The van der Waals surface area contributed by atoms with Crippen LogP contribution in [0.25, 0.3) is 0 Å². The Morgan fingerprint density at radius 3 is 2.94 bits per heavy atom. The molecule has 0 saturated heterocycles. The van der Waals surface area contributed by atoms with Gasteiger partial charge in [0, 0.05) is 10.5 Å². The number of benzene rings is 1. The average molecular weight is 245 g/mol. The summed E-state index contributed by atoms with van der Waals surface area (Å²) in [4.78, 5) is 13.4. The third kappa shape index (κ3) is 2.37. The van der Waals surface area contributed by atoms with E-state index in [0.717, 1.165) is 18.6 Å². The number of nitrogens with zero attached hydrogens (tertiary/aromatic N) is 1. The van der Waals surface area contributed by atoms with E-state index in [1.807, 2.05) is 30.0 Å². The largest absolute Gasteiger partial charge is 0.292 e. The van der Waals surface area contributed by atoms with E-state index in [0.29, 0.717) is 5.56 Å². The van der Waals surface area contributed by atoms with Gasteiger partial charge >= 0.3 is 0 Å². The second-order valence-corrected chi connectivity index (χ2v) is 5.98. The molecule has 0 radical (unpaired) electrons. The predicted molar refractivity (Wildman–Crippen MR) is 69.2 cm³/mol. The number of hydrogen-bond acceptors (Lipinski definition) is 3. The number of carbonyl (C=O) groups excluding carboxylic acids is 1. The minimum atomic E-state index is -0.934. The van der Waals surface area contributed by atoms with Crippen LogP contribution >= 0.6 is 11.8 Å². The van der Waals surface area contributed by atoms with Gasteiger partial charge in [-0.3, -0.25) is 4.79 Å². The molecule has 1 aromatic rings. The molecule has 2 nitrogen and oxygen atoms in total. The van der Waals surface area contributed by atoms with Crippen molar-refractivity contribution in [2.24, 2.45) is 5.41 Å². The number of nitriles is 1. The zero-order valence-electron chi connectivity index (χ0n) is 10.1. The van der Waals surface area contributed by atoms with Crippen LogP contribution in [-0.4, -0.2) is 11.5 Å². The summed E-state index contributed by atoms with van der Waals surface area (Å²) < 4.78 is 0. The van der Waals surface area contributed by atoms with E-state index in [4.69, 9.17) is 5.26 Å². The molecule has 3 heteroatoms. The molecule has 0 aliphatic carbocycles. The standard InChI is InChI=1S/C14H15NOS/c1-14(2,9-15)13(16)11-5-6-12-10(8-11)4-3-7-17-12/h5-6,8H,3-4,7H2,1-2H3. The van der Waals surface area contributed by atoms with Gasteiger partial charge < -0.3 is 0 Å². The Hall–Kier alpha value is -1.27. The maximum absolute atomic E-state index is 12.2. The van der Waals surface area contributed by atoms with Gasteiger partial charge in [0.1, 0.15) is 5.41 Å². The number of Topliss-reactive ketones (excluding diaryl/α,β-unsaturated/α-hetero) is 1. The Bertz CT molecular complexity index is 499.